The monoisotopic (exact) mass is 514 g/mol. The van der Waals surface area contributed by atoms with Gasteiger partial charge in [-0.25, -0.2) is 0 Å². The number of Topliss-reactive ketones (excluding diaryl/α,β-unsaturated/α-hetero) is 1. The Kier molecular flexibility index (Phi) is 8.77. The number of hydrogen-bond donors (Lipinski definition) is 1. The summed E-state index contributed by atoms with van der Waals surface area (Å²) in [6, 6.07) is 13.2. The number of rotatable bonds is 11. The van der Waals surface area contributed by atoms with Crippen LogP contribution in [0.1, 0.15) is 57.5 Å². The molecule has 0 saturated heterocycles. The van der Waals surface area contributed by atoms with Gasteiger partial charge in [-0.15, -0.1) is 0 Å². The summed E-state index contributed by atoms with van der Waals surface area (Å²) in [4.78, 5) is 25.1. The Hall–Kier alpha value is -2.93. The lowest BCUT2D eigenvalue weighted by atomic mass is 10.1. The smallest absolute Gasteiger partial charge is 0.363 e. The summed E-state index contributed by atoms with van der Waals surface area (Å²) >= 11 is 0. The van der Waals surface area contributed by atoms with Crippen molar-refractivity contribution in [1.29, 1.82) is 0 Å². The number of carbonyl (C=O) groups is 2. The molecule has 8 nitrogen and oxygen atoms in total. The van der Waals surface area contributed by atoms with Crippen LogP contribution in [0.3, 0.4) is 0 Å². The quantitative estimate of drug-likeness (QED) is 0.200. The minimum Gasteiger partial charge on any atom is -0.459 e. The molecule has 0 fully saturated rings. The lowest BCUT2D eigenvalue weighted by Crippen LogP contribution is -2.26. The number of esters is 1. The highest BCUT2D eigenvalue weighted by atomic mass is 31.2. The number of nitrogens with one attached hydrogen (secondary N) is 1. The molecule has 194 valence electrons. The lowest BCUT2D eigenvalue weighted by Gasteiger charge is -2.22. The van der Waals surface area contributed by atoms with Gasteiger partial charge in [0.1, 0.15) is 12.1 Å². The number of anilines is 1. The third-order valence-corrected chi connectivity index (χ3v) is 7.47. The van der Waals surface area contributed by atoms with Crippen molar-refractivity contribution in [2.45, 2.75) is 60.2 Å². The van der Waals surface area contributed by atoms with Crippen LogP contribution in [0.2, 0.25) is 0 Å². The highest BCUT2D eigenvalue weighted by molar-refractivity contribution is 7.62. The van der Waals surface area contributed by atoms with Crippen LogP contribution in [-0.2, 0) is 36.2 Å². The maximum atomic E-state index is 13.9. The number of benzene rings is 2. The van der Waals surface area contributed by atoms with Crippen molar-refractivity contribution in [2.75, 3.05) is 18.5 Å². The Bertz CT molecular complexity index is 1270. The van der Waals surface area contributed by atoms with E-state index in [-0.39, 0.29) is 25.5 Å². The fourth-order valence-electron chi connectivity index (χ4n) is 3.93. The molecule has 0 radical (unpaired) electrons. The summed E-state index contributed by atoms with van der Waals surface area (Å²) in [5.74, 6) is -0.604. The minimum absolute atomic E-state index is 0.0763. The third kappa shape index (κ3) is 6.64. The summed E-state index contributed by atoms with van der Waals surface area (Å²) in [7, 11) is -3.71. The summed E-state index contributed by atoms with van der Waals surface area (Å²) in [6.45, 7) is 11.1. The van der Waals surface area contributed by atoms with Gasteiger partial charge in [-0.05, 0) is 59.2 Å². The van der Waals surface area contributed by atoms with Crippen LogP contribution in [0.15, 0.2) is 48.7 Å². The summed E-state index contributed by atoms with van der Waals surface area (Å²) < 4.78 is 32.3. The fourth-order valence-corrected chi connectivity index (χ4v) is 5.69. The van der Waals surface area contributed by atoms with Crippen molar-refractivity contribution in [3.8, 4) is 0 Å². The Morgan fingerprint density at radius 1 is 1.03 bits per heavy atom. The van der Waals surface area contributed by atoms with Gasteiger partial charge in [0.05, 0.1) is 29.7 Å². The molecule has 0 aliphatic rings. The van der Waals surface area contributed by atoms with Crippen molar-refractivity contribution < 1.29 is 27.9 Å². The predicted molar refractivity (Wildman–Crippen MR) is 142 cm³/mol. The number of nitrogens with zero attached hydrogens (tertiary/aromatic N) is 1. The first-order valence-corrected chi connectivity index (χ1v) is 13.6. The molecular formula is C27H35N2O6P. The average Bonchev–Trinajstić information content (AvgIpc) is 3.14. The number of ketones is 1. The van der Waals surface area contributed by atoms with Gasteiger partial charge in [-0.1, -0.05) is 30.3 Å². The fraction of sp³-hybridized carbons (Fsp3) is 0.407. The third-order valence-electron chi connectivity index (χ3n) is 5.32. The van der Waals surface area contributed by atoms with E-state index in [9.17, 15) is 14.2 Å². The number of hydrogen-bond acceptors (Lipinski definition) is 7. The summed E-state index contributed by atoms with van der Waals surface area (Å²) in [5.41, 5.74) is 1.96. The molecule has 36 heavy (non-hydrogen) atoms. The summed E-state index contributed by atoms with van der Waals surface area (Å²) in [5, 5.41) is 4.26. The van der Waals surface area contributed by atoms with Crippen molar-refractivity contribution in [3.05, 3.63) is 59.8 Å². The maximum Gasteiger partial charge on any atom is 0.363 e. The Labute approximate surface area is 212 Å². The second-order valence-electron chi connectivity index (χ2n) is 9.37. The first-order chi connectivity index (χ1) is 17.0. The topological polar surface area (TPSA) is 95.9 Å². The summed E-state index contributed by atoms with van der Waals surface area (Å²) in [6.07, 6.45) is 1.63. The second kappa shape index (κ2) is 11.4. The first kappa shape index (κ1) is 27.7. The van der Waals surface area contributed by atoms with E-state index in [1.54, 1.807) is 57.5 Å². The van der Waals surface area contributed by atoms with Gasteiger partial charge in [-0.2, -0.15) is 0 Å². The van der Waals surface area contributed by atoms with Crippen molar-refractivity contribution >= 4 is 41.2 Å². The molecule has 3 aromatic rings. The first-order valence-electron chi connectivity index (χ1n) is 12.0. The molecular weight excluding hydrogens is 479 g/mol. The number of ether oxygens (including phenoxy) is 1. The Morgan fingerprint density at radius 2 is 1.67 bits per heavy atom. The molecule has 0 aliphatic carbocycles. The van der Waals surface area contributed by atoms with Crippen LogP contribution in [-0.4, -0.2) is 35.1 Å². The molecule has 0 aliphatic heterocycles. The molecule has 9 heteroatoms. The molecule has 0 spiro atoms. The van der Waals surface area contributed by atoms with E-state index in [2.05, 4.69) is 5.32 Å². The van der Waals surface area contributed by atoms with Gasteiger partial charge in [0.15, 0.2) is 5.78 Å². The highest BCUT2D eigenvalue weighted by Gasteiger charge is 2.32. The van der Waals surface area contributed by atoms with Crippen LogP contribution < -0.4 is 10.6 Å². The van der Waals surface area contributed by atoms with Crippen LogP contribution in [0, 0.1) is 0 Å². The molecule has 0 atom stereocenters. The van der Waals surface area contributed by atoms with E-state index < -0.39 is 19.2 Å². The van der Waals surface area contributed by atoms with Crippen molar-refractivity contribution in [2.24, 2.45) is 0 Å². The van der Waals surface area contributed by atoms with E-state index in [1.807, 2.05) is 30.3 Å². The van der Waals surface area contributed by atoms with E-state index in [0.29, 0.717) is 34.0 Å². The average molecular weight is 515 g/mol. The zero-order chi connectivity index (χ0) is 26.5. The zero-order valence-electron chi connectivity index (χ0n) is 21.8. The van der Waals surface area contributed by atoms with Crippen LogP contribution in [0.25, 0.3) is 10.9 Å². The van der Waals surface area contributed by atoms with E-state index >= 15 is 0 Å². The van der Waals surface area contributed by atoms with E-state index in [1.165, 1.54) is 6.92 Å². The normalized spacial score (nSPS) is 12.1. The molecule has 1 heterocycles. The molecule has 0 bridgehead atoms. The number of carbonyl (C=O) groups excluding carboxylic acids is 2. The SMILES string of the molecule is CCOP(=O)(OCC)c1cc2c(C(C)=O)cn(CC(=O)OC(C)(C)C)c2cc1NCc1ccccc1. The molecule has 2 aromatic carbocycles. The molecule has 0 unspecified atom stereocenters. The van der Waals surface area contributed by atoms with Gasteiger partial charge in [0, 0.05) is 23.7 Å². The van der Waals surface area contributed by atoms with Gasteiger partial charge < -0.3 is 23.7 Å². The van der Waals surface area contributed by atoms with Gasteiger partial charge >= 0.3 is 13.6 Å². The molecule has 1 N–H and O–H groups in total. The van der Waals surface area contributed by atoms with E-state index in [0.717, 1.165) is 5.56 Å². The molecule has 0 saturated carbocycles. The Morgan fingerprint density at radius 3 is 2.22 bits per heavy atom. The maximum absolute atomic E-state index is 13.9. The number of aromatic nitrogens is 1. The molecule has 1 aromatic heterocycles. The Balaban J connectivity index is 2.18. The van der Waals surface area contributed by atoms with Gasteiger partial charge in [0.2, 0.25) is 0 Å². The number of fused-ring (bicyclic) bond motifs is 1. The second-order valence-corrected chi connectivity index (χ2v) is 11.4. The minimum atomic E-state index is -3.71. The standard InChI is InChI=1S/C27H35N2O6P/c1-7-33-36(32,34-8-2)25-14-21-22(19(3)30)17-29(18-26(31)35-27(4,5)6)24(21)15-23(25)28-16-20-12-10-9-11-13-20/h9-15,17,28H,7-8,16,18H2,1-6H3. The lowest BCUT2D eigenvalue weighted by molar-refractivity contribution is -0.155. The van der Waals surface area contributed by atoms with Crippen LogP contribution in [0.5, 0.6) is 0 Å². The van der Waals surface area contributed by atoms with Crippen LogP contribution in [0.4, 0.5) is 5.69 Å². The van der Waals surface area contributed by atoms with Gasteiger partial charge in [0.25, 0.3) is 0 Å². The van der Waals surface area contributed by atoms with E-state index in [4.69, 9.17) is 13.8 Å². The largest absolute Gasteiger partial charge is 0.459 e. The highest BCUT2D eigenvalue weighted by Crippen LogP contribution is 2.49. The molecule has 3 rings (SSSR count). The zero-order valence-corrected chi connectivity index (χ0v) is 22.7. The van der Waals surface area contributed by atoms with Crippen molar-refractivity contribution in [1.82, 2.24) is 4.57 Å². The van der Waals surface area contributed by atoms with Gasteiger partial charge in [-0.3, -0.25) is 14.2 Å². The molecule has 0 amide bonds. The predicted octanol–water partition coefficient (Wildman–Crippen LogP) is 5.69. The van der Waals surface area contributed by atoms with Crippen LogP contribution >= 0.6 is 7.60 Å². The van der Waals surface area contributed by atoms with Crippen molar-refractivity contribution in [3.63, 3.8) is 0 Å².